The van der Waals surface area contributed by atoms with Crippen LogP contribution in [0.15, 0.2) is 108 Å². The third-order valence-corrected chi connectivity index (χ3v) is 7.62. The fourth-order valence-corrected chi connectivity index (χ4v) is 4.86. The number of nitrogens with zero attached hydrogens (tertiary/aromatic N) is 5. The molecule has 0 saturated heterocycles. The second kappa shape index (κ2) is 16.2. The van der Waals surface area contributed by atoms with Gasteiger partial charge in [0.15, 0.2) is 11.5 Å². The van der Waals surface area contributed by atoms with Crippen LogP contribution < -0.4 is 16.0 Å². The summed E-state index contributed by atoms with van der Waals surface area (Å²) in [5.74, 6) is -2.67. The molecule has 17 heteroatoms. The SMILES string of the molecule is CN1CC=NC=C(NC(=O)c2cc(NC(=O)c3ccccc3Cl)n[nH]2)C1=O.O=C(O)c1cc(NC(=O)c2ccccc2Cl)n(-c2ccccc2)n1. The molecule has 0 unspecified atom stereocenters. The number of aromatic nitrogens is 4. The third kappa shape index (κ3) is 8.91. The van der Waals surface area contributed by atoms with Crippen molar-refractivity contribution >= 4 is 70.7 Å². The summed E-state index contributed by atoms with van der Waals surface area (Å²) < 4.78 is 1.36. The van der Waals surface area contributed by atoms with Crippen LogP contribution in [0.25, 0.3) is 5.69 Å². The molecule has 0 bridgehead atoms. The van der Waals surface area contributed by atoms with Crippen molar-refractivity contribution in [1.29, 1.82) is 0 Å². The van der Waals surface area contributed by atoms with Crippen LogP contribution in [0.2, 0.25) is 10.0 Å². The van der Waals surface area contributed by atoms with Gasteiger partial charge in [0, 0.05) is 25.4 Å². The van der Waals surface area contributed by atoms with E-state index in [1.54, 1.807) is 86.1 Å². The highest BCUT2D eigenvalue weighted by atomic mass is 35.5. The second-order valence-electron chi connectivity index (χ2n) is 10.5. The molecular formula is C34H27Cl2N9O6. The smallest absolute Gasteiger partial charge is 0.356 e. The van der Waals surface area contributed by atoms with Gasteiger partial charge < -0.3 is 26.0 Å². The Morgan fingerprint density at radius 1 is 0.804 bits per heavy atom. The minimum atomic E-state index is -1.18. The van der Waals surface area contributed by atoms with E-state index in [-0.39, 0.29) is 45.8 Å². The van der Waals surface area contributed by atoms with E-state index in [0.717, 1.165) is 0 Å². The Balaban J connectivity index is 0.000000199. The summed E-state index contributed by atoms with van der Waals surface area (Å²) in [5, 5.41) is 27.8. The summed E-state index contributed by atoms with van der Waals surface area (Å²) in [7, 11) is 1.60. The van der Waals surface area contributed by atoms with E-state index in [1.165, 1.54) is 27.9 Å². The molecule has 0 fully saturated rings. The van der Waals surface area contributed by atoms with Crippen LogP contribution in [0.3, 0.4) is 0 Å². The largest absolute Gasteiger partial charge is 0.476 e. The number of nitrogens with one attached hydrogen (secondary N) is 4. The summed E-state index contributed by atoms with van der Waals surface area (Å²) in [6.45, 7) is 0.344. The van der Waals surface area contributed by atoms with E-state index in [2.05, 4.69) is 36.2 Å². The monoisotopic (exact) mass is 727 g/mol. The number of aromatic carboxylic acids is 1. The molecule has 5 N–H and O–H groups in total. The molecule has 1 aliphatic rings. The highest BCUT2D eigenvalue weighted by Gasteiger charge is 2.21. The molecule has 4 amide bonds. The maximum absolute atomic E-state index is 12.4. The van der Waals surface area contributed by atoms with Crippen molar-refractivity contribution in [3.05, 3.63) is 135 Å². The van der Waals surface area contributed by atoms with Crippen LogP contribution >= 0.6 is 23.2 Å². The van der Waals surface area contributed by atoms with Gasteiger partial charge in [-0.1, -0.05) is 65.7 Å². The van der Waals surface area contributed by atoms with Gasteiger partial charge in [0.2, 0.25) is 0 Å². The number of aromatic amines is 1. The Hall–Kier alpha value is -6.58. The Bertz CT molecular complexity index is 2180. The lowest BCUT2D eigenvalue weighted by Crippen LogP contribution is -2.36. The lowest BCUT2D eigenvalue weighted by Gasteiger charge is -2.14. The number of hydrogen-bond donors (Lipinski definition) is 5. The standard InChI is InChI=1S/C17H15ClN6O3.C17H12ClN3O3/c1-24-7-6-19-9-13(17(24)27)20-16(26)12-8-14(23-22-12)21-15(25)10-4-2-3-5-11(10)18;18-13-9-5-4-8-12(13)16(22)19-15-10-14(17(23)24)20-21(15)11-6-2-1-3-7-11/h2-6,8-9H,7H2,1H3,(H,20,26)(H2,21,22,23,25);1-10H,(H,19,22)(H,23,24). The molecule has 0 saturated carbocycles. The van der Waals surface area contributed by atoms with Crippen molar-refractivity contribution in [3.8, 4) is 5.69 Å². The predicted octanol–water partition coefficient (Wildman–Crippen LogP) is 4.91. The zero-order valence-electron chi connectivity index (χ0n) is 26.5. The first-order chi connectivity index (χ1) is 24.5. The maximum Gasteiger partial charge on any atom is 0.356 e. The first kappa shape index (κ1) is 35.7. The van der Waals surface area contributed by atoms with E-state index in [0.29, 0.717) is 22.3 Å². The summed E-state index contributed by atoms with van der Waals surface area (Å²) in [6, 6.07) is 24.7. The zero-order chi connectivity index (χ0) is 36.5. The van der Waals surface area contributed by atoms with Gasteiger partial charge in [-0.25, -0.2) is 9.48 Å². The summed E-state index contributed by atoms with van der Waals surface area (Å²) in [5.41, 5.74) is 1.12. The lowest BCUT2D eigenvalue weighted by molar-refractivity contribution is -0.125. The van der Waals surface area contributed by atoms with Crippen molar-refractivity contribution in [2.24, 2.45) is 4.99 Å². The number of carboxylic acids is 1. The molecule has 3 aromatic carbocycles. The molecule has 3 heterocycles. The number of benzene rings is 3. The fraction of sp³-hybridized carbons (Fsp3) is 0.0588. The van der Waals surface area contributed by atoms with Gasteiger partial charge in [-0.3, -0.25) is 29.3 Å². The first-order valence-corrected chi connectivity index (χ1v) is 15.6. The van der Waals surface area contributed by atoms with Crippen LogP contribution in [0.4, 0.5) is 11.6 Å². The van der Waals surface area contributed by atoms with E-state index < -0.39 is 23.7 Å². The number of H-pyrrole nitrogens is 1. The van der Waals surface area contributed by atoms with Gasteiger partial charge in [-0.2, -0.15) is 10.2 Å². The predicted molar refractivity (Wildman–Crippen MR) is 190 cm³/mol. The number of para-hydroxylation sites is 1. The van der Waals surface area contributed by atoms with Crippen LogP contribution in [0, 0.1) is 0 Å². The molecule has 0 aliphatic carbocycles. The van der Waals surface area contributed by atoms with Crippen LogP contribution in [0.1, 0.15) is 41.7 Å². The molecule has 1 aliphatic heterocycles. The molecule has 258 valence electrons. The topological polar surface area (TPSA) is 204 Å². The van der Waals surface area contributed by atoms with Gasteiger partial charge in [0.1, 0.15) is 17.2 Å². The number of amides is 4. The Morgan fingerprint density at radius 2 is 1.41 bits per heavy atom. The Kier molecular flexibility index (Phi) is 11.4. The summed E-state index contributed by atoms with van der Waals surface area (Å²) in [6.07, 6.45) is 2.83. The molecule has 0 atom stereocenters. The Labute approximate surface area is 299 Å². The lowest BCUT2D eigenvalue weighted by atomic mass is 10.2. The highest BCUT2D eigenvalue weighted by Crippen LogP contribution is 2.21. The van der Waals surface area contributed by atoms with E-state index in [1.807, 2.05) is 6.07 Å². The number of likely N-dealkylation sites (N-methyl/N-ethyl adjacent to an activating group) is 1. The van der Waals surface area contributed by atoms with E-state index >= 15 is 0 Å². The van der Waals surface area contributed by atoms with Crippen molar-refractivity contribution in [2.45, 2.75) is 0 Å². The number of anilines is 2. The minimum Gasteiger partial charge on any atom is -0.476 e. The summed E-state index contributed by atoms with van der Waals surface area (Å²) >= 11 is 12.0. The normalized spacial score (nSPS) is 12.2. The van der Waals surface area contributed by atoms with Gasteiger partial charge >= 0.3 is 5.97 Å². The molecule has 51 heavy (non-hydrogen) atoms. The van der Waals surface area contributed by atoms with Crippen molar-refractivity contribution < 1.29 is 29.1 Å². The minimum absolute atomic E-state index is 0.0347. The Morgan fingerprint density at radius 3 is 2.04 bits per heavy atom. The number of carbonyl (C=O) groups excluding carboxylic acids is 4. The van der Waals surface area contributed by atoms with Crippen molar-refractivity contribution in [3.63, 3.8) is 0 Å². The first-order valence-electron chi connectivity index (χ1n) is 14.9. The fourth-order valence-electron chi connectivity index (χ4n) is 4.42. The second-order valence-corrected chi connectivity index (χ2v) is 11.3. The molecule has 0 radical (unpaired) electrons. The molecule has 5 aromatic rings. The quantitative estimate of drug-likeness (QED) is 0.148. The molecular weight excluding hydrogens is 701 g/mol. The van der Waals surface area contributed by atoms with Gasteiger partial charge in [-0.15, -0.1) is 0 Å². The molecule has 6 rings (SSSR count). The highest BCUT2D eigenvalue weighted by molar-refractivity contribution is 6.35. The number of rotatable bonds is 8. The zero-order valence-corrected chi connectivity index (χ0v) is 28.0. The van der Waals surface area contributed by atoms with Crippen molar-refractivity contribution in [2.75, 3.05) is 24.2 Å². The molecule has 2 aromatic heterocycles. The van der Waals surface area contributed by atoms with Crippen molar-refractivity contribution in [1.82, 2.24) is 30.2 Å². The number of halogens is 2. The number of aliphatic imine (C=N–C) groups is 1. The summed E-state index contributed by atoms with van der Waals surface area (Å²) in [4.78, 5) is 65.6. The average Bonchev–Trinajstić information content (AvgIpc) is 3.74. The van der Waals surface area contributed by atoms with Crippen LogP contribution in [-0.2, 0) is 4.79 Å². The van der Waals surface area contributed by atoms with Gasteiger partial charge in [0.05, 0.1) is 39.6 Å². The molecule has 0 spiro atoms. The van der Waals surface area contributed by atoms with Gasteiger partial charge in [-0.05, 0) is 36.4 Å². The van der Waals surface area contributed by atoms with Crippen LogP contribution in [0.5, 0.6) is 0 Å². The van der Waals surface area contributed by atoms with Gasteiger partial charge in [0.25, 0.3) is 23.6 Å². The number of carbonyl (C=O) groups is 5. The van der Waals surface area contributed by atoms with E-state index in [4.69, 9.17) is 28.3 Å². The third-order valence-electron chi connectivity index (χ3n) is 6.96. The number of hydrogen-bond acceptors (Lipinski definition) is 8. The average molecular weight is 729 g/mol. The van der Waals surface area contributed by atoms with Crippen LogP contribution in [-0.4, -0.2) is 79.4 Å². The maximum atomic E-state index is 12.4. The number of carboxylic acid groups (broad SMARTS) is 1. The molecule has 15 nitrogen and oxygen atoms in total. The van der Waals surface area contributed by atoms with E-state index in [9.17, 15) is 24.0 Å².